The summed E-state index contributed by atoms with van der Waals surface area (Å²) in [6, 6.07) is 9.21. The number of methoxy groups -OCH3 is 2. The van der Waals surface area contributed by atoms with Crippen molar-refractivity contribution in [2.24, 2.45) is 5.10 Å². The summed E-state index contributed by atoms with van der Waals surface area (Å²) in [7, 11) is 3.16. The van der Waals surface area contributed by atoms with Crippen molar-refractivity contribution in [3.05, 3.63) is 46.2 Å². The van der Waals surface area contributed by atoms with Crippen LogP contribution in [-0.2, 0) is 11.2 Å². The molecule has 0 aliphatic carbocycles. The lowest BCUT2D eigenvalue weighted by Gasteiger charge is -2.05. The summed E-state index contributed by atoms with van der Waals surface area (Å²) in [4.78, 5) is 12.7. The van der Waals surface area contributed by atoms with Crippen LogP contribution in [0.1, 0.15) is 10.4 Å². The third-order valence-electron chi connectivity index (χ3n) is 2.69. The van der Waals surface area contributed by atoms with Gasteiger partial charge in [-0.15, -0.1) is 11.3 Å². The van der Waals surface area contributed by atoms with E-state index < -0.39 is 0 Å². The summed E-state index contributed by atoms with van der Waals surface area (Å²) in [6.45, 7) is 0. The quantitative estimate of drug-likeness (QED) is 0.659. The number of amides is 1. The molecule has 1 amide bonds. The Labute approximate surface area is 127 Å². The molecule has 2 aromatic rings. The Balaban J connectivity index is 1.96. The predicted octanol–water partition coefficient (Wildman–Crippen LogP) is 2.46. The highest BCUT2D eigenvalue weighted by Crippen LogP contribution is 2.21. The van der Waals surface area contributed by atoms with Gasteiger partial charge in [0.15, 0.2) is 0 Å². The molecule has 1 heterocycles. The van der Waals surface area contributed by atoms with Gasteiger partial charge in [-0.1, -0.05) is 6.07 Å². The molecule has 1 aromatic carbocycles. The number of hydrogen-bond acceptors (Lipinski definition) is 5. The molecule has 0 aliphatic heterocycles. The molecule has 0 bridgehead atoms. The number of nitrogens with one attached hydrogen (secondary N) is 1. The van der Waals surface area contributed by atoms with E-state index in [0.29, 0.717) is 17.9 Å². The van der Waals surface area contributed by atoms with Gasteiger partial charge in [-0.05, 0) is 23.6 Å². The number of hydrazone groups is 1. The van der Waals surface area contributed by atoms with Gasteiger partial charge >= 0.3 is 0 Å². The summed E-state index contributed by atoms with van der Waals surface area (Å²) in [5.41, 5.74) is 3.28. The predicted molar refractivity (Wildman–Crippen MR) is 83.3 cm³/mol. The molecule has 2 rings (SSSR count). The molecular weight excluding hydrogens is 288 g/mol. The summed E-state index contributed by atoms with van der Waals surface area (Å²) in [5.74, 6) is 1.19. The van der Waals surface area contributed by atoms with Crippen LogP contribution < -0.4 is 14.9 Å². The van der Waals surface area contributed by atoms with E-state index in [1.165, 1.54) is 0 Å². The summed E-state index contributed by atoms with van der Waals surface area (Å²) >= 11 is 1.55. The van der Waals surface area contributed by atoms with Gasteiger partial charge in [0.2, 0.25) is 5.91 Å². The second kappa shape index (κ2) is 7.44. The first-order valence-electron chi connectivity index (χ1n) is 6.28. The van der Waals surface area contributed by atoms with Crippen molar-refractivity contribution < 1.29 is 14.3 Å². The molecule has 110 valence electrons. The Morgan fingerprint density at radius 2 is 2.00 bits per heavy atom. The van der Waals surface area contributed by atoms with Crippen LogP contribution >= 0.6 is 11.3 Å². The third-order valence-corrected chi connectivity index (χ3v) is 3.57. The fraction of sp³-hybridized carbons (Fsp3) is 0.200. The fourth-order valence-electron chi connectivity index (χ4n) is 1.69. The van der Waals surface area contributed by atoms with Gasteiger partial charge < -0.3 is 9.47 Å². The van der Waals surface area contributed by atoms with Crippen molar-refractivity contribution in [2.75, 3.05) is 14.2 Å². The number of carbonyl (C=O) groups excluding carboxylic acids is 1. The van der Waals surface area contributed by atoms with Crippen molar-refractivity contribution >= 4 is 23.5 Å². The van der Waals surface area contributed by atoms with Crippen LogP contribution in [0.25, 0.3) is 0 Å². The fourth-order valence-corrected chi connectivity index (χ4v) is 2.40. The highest BCUT2D eigenvalue weighted by Gasteiger charge is 2.03. The Bertz CT molecular complexity index is 602. The molecule has 21 heavy (non-hydrogen) atoms. The van der Waals surface area contributed by atoms with Gasteiger partial charge in [-0.25, -0.2) is 5.43 Å². The van der Waals surface area contributed by atoms with Gasteiger partial charge in [0, 0.05) is 16.5 Å². The van der Waals surface area contributed by atoms with Crippen molar-refractivity contribution in [1.29, 1.82) is 0 Å². The molecule has 0 radical (unpaired) electrons. The van der Waals surface area contributed by atoms with E-state index in [2.05, 4.69) is 10.5 Å². The first kappa shape index (κ1) is 15.1. The topological polar surface area (TPSA) is 59.9 Å². The van der Waals surface area contributed by atoms with E-state index in [4.69, 9.17) is 9.47 Å². The maximum absolute atomic E-state index is 11.7. The molecule has 0 spiro atoms. The minimum atomic E-state index is -0.149. The van der Waals surface area contributed by atoms with Crippen LogP contribution in [0.5, 0.6) is 11.5 Å². The van der Waals surface area contributed by atoms with Crippen molar-refractivity contribution in [3.63, 3.8) is 0 Å². The monoisotopic (exact) mass is 304 g/mol. The van der Waals surface area contributed by atoms with Crippen LogP contribution in [-0.4, -0.2) is 26.3 Å². The van der Waals surface area contributed by atoms with Gasteiger partial charge in [-0.2, -0.15) is 5.10 Å². The normalized spacial score (nSPS) is 10.6. The highest BCUT2D eigenvalue weighted by atomic mass is 32.1. The number of hydrogen-bond donors (Lipinski definition) is 1. The maximum atomic E-state index is 11.7. The second-order valence-electron chi connectivity index (χ2n) is 4.20. The summed E-state index contributed by atoms with van der Waals surface area (Å²) in [5, 5.41) is 5.88. The van der Waals surface area contributed by atoms with Crippen molar-refractivity contribution in [2.45, 2.75) is 6.42 Å². The third kappa shape index (κ3) is 4.61. The number of nitrogens with zero attached hydrogens (tertiary/aromatic N) is 1. The van der Waals surface area contributed by atoms with Crippen LogP contribution in [0.15, 0.2) is 40.8 Å². The standard InChI is InChI=1S/C15H16N2O3S/c1-19-12-6-11(7-13(8-12)20-2)10-16-17-15(18)9-14-4-3-5-21-14/h3-8,10H,9H2,1-2H3,(H,17,18)/b16-10-. The minimum Gasteiger partial charge on any atom is -0.497 e. The lowest BCUT2D eigenvalue weighted by atomic mass is 10.2. The number of benzene rings is 1. The van der Waals surface area contributed by atoms with E-state index in [1.807, 2.05) is 17.5 Å². The average Bonchev–Trinajstić information content (AvgIpc) is 2.99. The van der Waals surface area contributed by atoms with Gasteiger partial charge in [0.1, 0.15) is 11.5 Å². The molecule has 0 atom stereocenters. The zero-order valence-corrected chi connectivity index (χ0v) is 12.6. The summed E-state index contributed by atoms with van der Waals surface area (Å²) in [6.07, 6.45) is 1.88. The molecule has 5 nitrogen and oxygen atoms in total. The molecule has 0 saturated carbocycles. The van der Waals surface area contributed by atoms with E-state index in [0.717, 1.165) is 10.4 Å². The molecule has 0 aliphatic rings. The van der Waals surface area contributed by atoms with Gasteiger partial charge in [-0.3, -0.25) is 4.79 Å². The molecule has 1 aromatic heterocycles. The zero-order chi connectivity index (χ0) is 15.1. The van der Waals surface area contributed by atoms with E-state index in [9.17, 15) is 4.79 Å². The first-order valence-corrected chi connectivity index (χ1v) is 7.16. The lowest BCUT2D eigenvalue weighted by molar-refractivity contribution is -0.120. The van der Waals surface area contributed by atoms with Crippen LogP contribution in [0.4, 0.5) is 0 Å². The van der Waals surface area contributed by atoms with Crippen molar-refractivity contribution in [3.8, 4) is 11.5 Å². The second-order valence-corrected chi connectivity index (χ2v) is 5.23. The number of rotatable bonds is 6. The molecule has 0 fully saturated rings. The molecule has 1 N–H and O–H groups in total. The molecule has 0 unspecified atom stereocenters. The van der Waals surface area contributed by atoms with E-state index in [-0.39, 0.29) is 5.91 Å². The Morgan fingerprint density at radius 1 is 1.29 bits per heavy atom. The van der Waals surface area contributed by atoms with Gasteiger partial charge in [0.25, 0.3) is 0 Å². The Hall–Kier alpha value is -2.34. The van der Waals surface area contributed by atoms with Crippen LogP contribution in [0.2, 0.25) is 0 Å². The van der Waals surface area contributed by atoms with Crippen molar-refractivity contribution in [1.82, 2.24) is 5.43 Å². The Kier molecular flexibility index (Phi) is 5.34. The minimum absolute atomic E-state index is 0.149. The van der Waals surface area contributed by atoms with Gasteiger partial charge in [0.05, 0.1) is 26.9 Å². The Morgan fingerprint density at radius 3 is 2.57 bits per heavy atom. The lowest BCUT2D eigenvalue weighted by Crippen LogP contribution is -2.19. The number of carbonyl (C=O) groups is 1. The average molecular weight is 304 g/mol. The number of thiophene rings is 1. The molecular formula is C15H16N2O3S. The highest BCUT2D eigenvalue weighted by molar-refractivity contribution is 7.10. The SMILES string of the molecule is COc1cc(/C=N\NC(=O)Cc2cccs2)cc(OC)c1. The molecule has 6 heteroatoms. The van der Waals surface area contributed by atoms with E-state index >= 15 is 0 Å². The first-order chi connectivity index (χ1) is 10.2. The zero-order valence-electron chi connectivity index (χ0n) is 11.8. The van der Waals surface area contributed by atoms with Crippen LogP contribution in [0.3, 0.4) is 0 Å². The maximum Gasteiger partial charge on any atom is 0.245 e. The van der Waals surface area contributed by atoms with Crippen LogP contribution in [0, 0.1) is 0 Å². The molecule has 0 saturated heterocycles. The van der Waals surface area contributed by atoms with E-state index in [1.54, 1.807) is 50.0 Å². The smallest absolute Gasteiger partial charge is 0.245 e. The largest absolute Gasteiger partial charge is 0.497 e. The summed E-state index contributed by atoms with van der Waals surface area (Å²) < 4.78 is 10.3. The number of ether oxygens (including phenoxy) is 2.